The van der Waals surface area contributed by atoms with Crippen molar-refractivity contribution in [3.05, 3.63) is 29.1 Å². The average Bonchev–Trinajstić information content (AvgIpc) is 2.86. The van der Waals surface area contributed by atoms with E-state index in [2.05, 4.69) is 28.3 Å². The second kappa shape index (κ2) is 8.14. The van der Waals surface area contributed by atoms with Crippen molar-refractivity contribution in [1.82, 2.24) is 15.3 Å². The Bertz CT molecular complexity index is 726. The Hall–Kier alpha value is -2.37. The molecule has 0 saturated heterocycles. The number of carboxylic acid groups (broad SMARTS) is 1. The summed E-state index contributed by atoms with van der Waals surface area (Å²) in [6, 6.07) is 3.77. The summed E-state index contributed by atoms with van der Waals surface area (Å²) in [7, 11) is 0. The number of imidazole rings is 1. The number of nitrogens with zero attached hydrogens (tertiary/aromatic N) is 1. The molecule has 0 aliphatic rings. The van der Waals surface area contributed by atoms with Gasteiger partial charge in [0.25, 0.3) is 0 Å². The van der Waals surface area contributed by atoms with E-state index in [1.165, 1.54) is 11.1 Å². The molecular weight excluding hydrogens is 318 g/mol. The van der Waals surface area contributed by atoms with Crippen molar-refractivity contribution in [2.75, 3.05) is 0 Å². The molecule has 1 atom stereocenters. The Labute approximate surface area is 148 Å². The monoisotopic (exact) mass is 345 g/mol. The fraction of sp³-hybridized carbons (Fsp3) is 0.526. The molecule has 0 aliphatic carbocycles. The standard InChI is InChI=1S/C19H27N3O3/c1-11(2)7-14(10-19(24)25)20-18(23)6-5-17-21-15-8-12(3)13(4)9-16(15)22-17/h8-9,11,14H,5-7,10H2,1-4H3,(H,20,23)(H,21,22)(H,24,25)/t14-/m1/s1. The third-order valence-corrected chi connectivity index (χ3v) is 4.28. The van der Waals surface area contributed by atoms with Crippen LogP contribution in [0.2, 0.25) is 0 Å². The first-order chi connectivity index (χ1) is 11.7. The maximum absolute atomic E-state index is 12.2. The lowest BCUT2D eigenvalue weighted by atomic mass is 10.0. The van der Waals surface area contributed by atoms with Gasteiger partial charge in [0.05, 0.1) is 17.5 Å². The van der Waals surface area contributed by atoms with Crippen LogP contribution in [-0.4, -0.2) is 33.0 Å². The van der Waals surface area contributed by atoms with Gasteiger partial charge in [0.15, 0.2) is 0 Å². The fourth-order valence-electron chi connectivity index (χ4n) is 2.95. The summed E-state index contributed by atoms with van der Waals surface area (Å²) in [4.78, 5) is 30.9. The van der Waals surface area contributed by atoms with E-state index >= 15 is 0 Å². The number of aryl methyl sites for hydroxylation is 3. The number of nitrogens with one attached hydrogen (secondary N) is 2. The quantitative estimate of drug-likeness (QED) is 0.685. The summed E-state index contributed by atoms with van der Waals surface area (Å²) in [6.45, 7) is 8.13. The first-order valence-corrected chi connectivity index (χ1v) is 8.71. The second-order valence-corrected chi connectivity index (χ2v) is 7.13. The van der Waals surface area contributed by atoms with E-state index in [0.717, 1.165) is 16.9 Å². The molecule has 0 aliphatic heterocycles. The molecule has 0 fully saturated rings. The number of amides is 1. The van der Waals surface area contributed by atoms with Crippen molar-refractivity contribution in [2.24, 2.45) is 5.92 Å². The zero-order chi connectivity index (χ0) is 18.6. The summed E-state index contributed by atoms with van der Waals surface area (Å²) in [5.41, 5.74) is 4.27. The number of fused-ring (bicyclic) bond motifs is 1. The van der Waals surface area contributed by atoms with Crippen LogP contribution in [0.1, 0.15) is 50.1 Å². The van der Waals surface area contributed by atoms with Crippen molar-refractivity contribution < 1.29 is 14.7 Å². The lowest BCUT2D eigenvalue weighted by Crippen LogP contribution is -2.37. The van der Waals surface area contributed by atoms with Crippen LogP contribution in [0.3, 0.4) is 0 Å². The van der Waals surface area contributed by atoms with Crippen LogP contribution in [0.25, 0.3) is 11.0 Å². The molecule has 3 N–H and O–H groups in total. The van der Waals surface area contributed by atoms with Crippen LogP contribution >= 0.6 is 0 Å². The third kappa shape index (κ3) is 5.59. The first kappa shape index (κ1) is 19.0. The van der Waals surface area contributed by atoms with Gasteiger partial charge in [0.1, 0.15) is 5.82 Å². The van der Waals surface area contributed by atoms with Crippen LogP contribution < -0.4 is 5.32 Å². The number of benzene rings is 1. The van der Waals surface area contributed by atoms with E-state index in [0.29, 0.717) is 18.8 Å². The minimum atomic E-state index is -0.894. The Balaban J connectivity index is 1.95. The Morgan fingerprint density at radius 3 is 2.56 bits per heavy atom. The van der Waals surface area contributed by atoms with Gasteiger partial charge >= 0.3 is 5.97 Å². The van der Waals surface area contributed by atoms with Crippen LogP contribution in [-0.2, 0) is 16.0 Å². The number of rotatable bonds is 8. The van der Waals surface area contributed by atoms with Crippen LogP contribution in [0.15, 0.2) is 12.1 Å². The molecule has 1 amide bonds. The normalized spacial score (nSPS) is 12.5. The van der Waals surface area contributed by atoms with Crippen molar-refractivity contribution in [3.63, 3.8) is 0 Å². The molecule has 1 heterocycles. The summed E-state index contributed by atoms with van der Waals surface area (Å²) >= 11 is 0. The van der Waals surface area contributed by atoms with Crippen molar-refractivity contribution in [2.45, 2.75) is 59.4 Å². The number of aliphatic carboxylic acids is 1. The van der Waals surface area contributed by atoms with Gasteiger partial charge in [0, 0.05) is 18.9 Å². The maximum atomic E-state index is 12.2. The highest BCUT2D eigenvalue weighted by Crippen LogP contribution is 2.18. The smallest absolute Gasteiger partial charge is 0.305 e. The predicted molar refractivity (Wildman–Crippen MR) is 97.5 cm³/mol. The van der Waals surface area contributed by atoms with E-state index in [4.69, 9.17) is 5.11 Å². The van der Waals surface area contributed by atoms with Crippen molar-refractivity contribution >= 4 is 22.9 Å². The highest BCUT2D eigenvalue weighted by Gasteiger charge is 2.17. The first-order valence-electron chi connectivity index (χ1n) is 8.71. The molecule has 25 heavy (non-hydrogen) atoms. The molecule has 0 saturated carbocycles. The van der Waals surface area contributed by atoms with Gasteiger partial charge in [-0.2, -0.15) is 0 Å². The second-order valence-electron chi connectivity index (χ2n) is 7.13. The van der Waals surface area contributed by atoms with E-state index in [-0.39, 0.29) is 24.8 Å². The molecule has 0 bridgehead atoms. The van der Waals surface area contributed by atoms with Gasteiger partial charge in [-0.05, 0) is 49.4 Å². The van der Waals surface area contributed by atoms with Gasteiger partial charge < -0.3 is 15.4 Å². The molecule has 0 spiro atoms. The minimum Gasteiger partial charge on any atom is -0.481 e. The van der Waals surface area contributed by atoms with Crippen LogP contribution in [0, 0.1) is 19.8 Å². The minimum absolute atomic E-state index is 0.0485. The zero-order valence-corrected chi connectivity index (χ0v) is 15.3. The zero-order valence-electron chi connectivity index (χ0n) is 15.3. The van der Waals surface area contributed by atoms with E-state index in [1.807, 2.05) is 26.8 Å². The molecule has 136 valence electrons. The number of aromatic nitrogens is 2. The summed E-state index contributed by atoms with van der Waals surface area (Å²) < 4.78 is 0. The summed E-state index contributed by atoms with van der Waals surface area (Å²) in [5, 5.41) is 11.8. The van der Waals surface area contributed by atoms with Gasteiger partial charge in [-0.25, -0.2) is 4.98 Å². The van der Waals surface area contributed by atoms with E-state index in [1.54, 1.807) is 0 Å². The van der Waals surface area contributed by atoms with Crippen LogP contribution in [0.5, 0.6) is 0 Å². The number of carbonyl (C=O) groups is 2. The lowest BCUT2D eigenvalue weighted by molar-refractivity contribution is -0.137. The molecule has 1 aromatic heterocycles. The number of hydrogen-bond donors (Lipinski definition) is 3. The largest absolute Gasteiger partial charge is 0.481 e. The number of carbonyl (C=O) groups excluding carboxylic acids is 1. The Morgan fingerprint density at radius 1 is 1.24 bits per heavy atom. The van der Waals surface area contributed by atoms with Crippen molar-refractivity contribution in [3.8, 4) is 0 Å². The highest BCUT2D eigenvalue weighted by molar-refractivity contribution is 5.79. The molecule has 6 heteroatoms. The number of carboxylic acids is 1. The number of aromatic amines is 1. The van der Waals surface area contributed by atoms with Crippen LogP contribution in [0.4, 0.5) is 0 Å². The molecular formula is C19H27N3O3. The topological polar surface area (TPSA) is 95.1 Å². The fourth-order valence-corrected chi connectivity index (χ4v) is 2.95. The molecule has 1 aromatic carbocycles. The summed E-state index contributed by atoms with van der Waals surface area (Å²) in [6.07, 6.45) is 1.39. The molecule has 6 nitrogen and oxygen atoms in total. The molecule has 2 rings (SSSR count). The Kier molecular flexibility index (Phi) is 6.17. The average molecular weight is 345 g/mol. The molecule has 0 unspecified atom stereocenters. The highest BCUT2D eigenvalue weighted by atomic mass is 16.4. The SMILES string of the molecule is Cc1cc2nc(CCC(=O)N[C@@H](CC(=O)O)CC(C)C)[nH]c2cc1C. The molecule has 0 radical (unpaired) electrons. The number of H-pyrrole nitrogens is 1. The number of hydrogen-bond acceptors (Lipinski definition) is 3. The molecule has 2 aromatic rings. The van der Waals surface area contributed by atoms with Gasteiger partial charge in [-0.3, -0.25) is 9.59 Å². The van der Waals surface area contributed by atoms with Gasteiger partial charge in [0.2, 0.25) is 5.91 Å². The van der Waals surface area contributed by atoms with E-state index < -0.39 is 5.97 Å². The van der Waals surface area contributed by atoms with Gasteiger partial charge in [-0.1, -0.05) is 13.8 Å². The van der Waals surface area contributed by atoms with E-state index in [9.17, 15) is 9.59 Å². The Morgan fingerprint density at radius 2 is 1.92 bits per heavy atom. The third-order valence-electron chi connectivity index (χ3n) is 4.28. The lowest BCUT2D eigenvalue weighted by Gasteiger charge is -2.18. The predicted octanol–water partition coefficient (Wildman–Crippen LogP) is 3.12. The van der Waals surface area contributed by atoms with Crippen molar-refractivity contribution in [1.29, 1.82) is 0 Å². The van der Waals surface area contributed by atoms with Gasteiger partial charge in [-0.15, -0.1) is 0 Å². The maximum Gasteiger partial charge on any atom is 0.305 e. The summed E-state index contributed by atoms with van der Waals surface area (Å²) in [5.74, 6) is 0.0639.